The van der Waals surface area contributed by atoms with E-state index < -0.39 is 30.2 Å². The van der Waals surface area contributed by atoms with Gasteiger partial charge in [0.2, 0.25) is 0 Å². The van der Waals surface area contributed by atoms with Gasteiger partial charge in [0, 0.05) is 16.8 Å². The lowest BCUT2D eigenvalue weighted by Gasteiger charge is -2.26. The van der Waals surface area contributed by atoms with Gasteiger partial charge in [-0.05, 0) is 75.8 Å². The first-order valence-corrected chi connectivity index (χ1v) is 13.8. The van der Waals surface area contributed by atoms with Gasteiger partial charge < -0.3 is 9.32 Å². The van der Waals surface area contributed by atoms with E-state index in [9.17, 15) is 2.74 Å². The molecule has 0 saturated carbocycles. The summed E-state index contributed by atoms with van der Waals surface area (Å²) in [5.41, 5.74) is 2.42. The molecule has 8 rings (SSSR count). The number of hydrogen-bond donors (Lipinski definition) is 0. The zero-order valence-electron chi connectivity index (χ0n) is 37.0. The van der Waals surface area contributed by atoms with E-state index in [-0.39, 0.29) is 93.4 Å². The van der Waals surface area contributed by atoms with Crippen LogP contribution in [0, 0.1) is 0 Å². The first kappa shape index (κ1) is 15.0. The third kappa shape index (κ3) is 4.73. The van der Waals surface area contributed by atoms with Crippen LogP contribution in [0.1, 0.15) is 19.2 Å². The third-order valence-electron chi connectivity index (χ3n) is 7.27. The maximum absolute atomic E-state index is 9.23. The van der Waals surface area contributed by atoms with Gasteiger partial charge in [-0.15, -0.1) is 0 Å². The van der Waals surface area contributed by atoms with E-state index in [4.69, 9.17) is 20.9 Å². The van der Waals surface area contributed by atoms with Crippen LogP contribution in [0.25, 0.3) is 55.3 Å². The van der Waals surface area contributed by atoms with Gasteiger partial charge in [0.25, 0.3) is 0 Å². The van der Waals surface area contributed by atoms with Crippen molar-refractivity contribution in [1.29, 1.82) is 0 Å². The molecule has 2 heteroatoms. The van der Waals surface area contributed by atoms with E-state index in [1.54, 1.807) is 23.1 Å². The van der Waals surface area contributed by atoms with Gasteiger partial charge in [-0.2, -0.15) is 0 Å². The van der Waals surface area contributed by atoms with Crippen molar-refractivity contribution < 1.29 is 23.6 Å². The summed E-state index contributed by atoms with van der Waals surface area (Å²) in [5, 5.41) is 1.44. The van der Waals surface area contributed by atoms with Crippen LogP contribution in [0.2, 0.25) is 0 Å². The Bertz CT molecular complexity index is 2910. The highest BCUT2D eigenvalue weighted by molar-refractivity contribution is 6.13. The molecular formula is C42H29NO. The summed E-state index contributed by atoms with van der Waals surface area (Å²) >= 11 is 0. The Morgan fingerprint density at radius 3 is 1.61 bits per heavy atom. The Morgan fingerprint density at radius 2 is 0.932 bits per heavy atom. The minimum atomic E-state index is -0.574. The molecule has 0 amide bonds. The van der Waals surface area contributed by atoms with Crippen molar-refractivity contribution in [3.63, 3.8) is 0 Å². The van der Waals surface area contributed by atoms with Crippen molar-refractivity contribution in [3.05, 3.63) is 176 Å². The fourth-order valence-electron chi connectivity index (χ4n) is 5.21. The Hall–Kier alpha value is -5.86. The van der Waals surface area contributed by atoms with Crippen molar-refractivity contribution >= 4 is 39.0 Å². The fourth-order valence-corrected chi connectivity index (χ4v) is 5.21. The van der Waals surface area contributed by atoms with Crippen LogP contribution in [0.4, 0.5) is 17.1 Å². The standard InChI is InChI=1S/C42H29NO/c1-3-10-30(11-4-1)32-18-20-33(21-19-32)35-24-28-37(29-25-35)43(36-26-22-34(23-27-36)31-12-5-2-6-13-31)39-15-9-17-41-42(39)38-14-7-8-16-40(38)44-41/h1-29H/i1D,2D,3D,4D,5D,6D,10D,11D,20D,21D,22D,23D,24D,25D. The topological polar surface area (TPSA) is 16.4 Å². The Balaban J connectivity index is 1.32. The lowest BCUT2D eigenvalue weighted by Crippen LogP contribution is -2.10. The number of fused-ring (bicyclic) bond motifs is 3. The monoisotopic (exact) mass is 577 g/mol. The van der Waals surface area contributed by atoms with E-state index in [2.05, 4.69) is 0 Å². The molecule has 0 aliphatic heterocycles. The fraction of sp³-hybridized carbons (Fsp3) is 0. The molecule has 0 atom stereocenters. The average Bonchev–Trinajstić information content (AvgIpc) is 3.55. The van der Waals surface area contributed by atoms with E-state index in [1.807, 2.05) is 24.3 Å². The molecule has 2 nitrogen and oxygen atoms in total. The summed E-state index contributed by atoms with van der Waals surface area (Å²) in [7, 11) is 0. The van der Waals surface area contributed by atoms with E-state index in [0.717, 1.165) is 5.39 Å². The van der Waals surface area contributed by atoms with Crippen molar-refractivity contribution in [1.82, 2.24) is 0 Å². The normalized spacial score (nSPS) is 15.6. The summed E-state index contributed by atoms with van der Waals surface area (Å²) in [6.45, 7) is 0. The van der Waals surface area contributed by atoms with Crippen LogP contribution in [0.5, 0.6) is 0 Å². The first-order valence-electron chi connectivity index (χ1n) is 20.8. The van der Waals surface area contributed by atoms with E-state index in [1.165, 1.54) is 48.5 Å². The van der Waals surface area contributed by atoms with Crippen LogP contribution in [-0.2, 0) is 0 Å². The van der Waals surface area contributed by atoms with Crippen LogP contribution in [0.3, 0.4) is 0 Å². The molecule has 0 fully saturated rings. The van der Waals surface area contributed by atoms with Crippen LogP contribution < -0.4 is 4.90 Å². The van der Waals surface area contributed by atoms with Crippen LogP contribution >= 0.6 is 0 Å². The summed E-state index contributed by atoms with van der Waals surface area (Å²) in [4.78, 5) is 1.69. The molecule has 0 unspecified atom stereocenters. The smallest absolute Gasteiger partial charge is 0.137 e. The Morgan fingerprint density at radius 1 is 0.409 bits per heavy atom. The van der Waals surface area contributed by atoms with Gasteiger partial charge in [0.1, 0.15) is 11.2 Å². The number of para-hydroxylation sites is 1. The molecule has 0 aliphatic carbocycles. The maximum Gasteiger partial charge on any atom is 0.137 e. The van der Waals surface area contributed by atoms with Gasteiger partial charge in [-0.1, -0.05) is 133 Å². The highest BCUT2D eigenvalue weighted by Gasteiger charge is 2.19. The molecule has 0 spiro atoms. The number of benzene rings is 7. The number of nitrogens with zero attached hydrogens (tertiary/aromatic N) is 1. The summed E-state index contributed by atoms with van der Waals surface area (Å²) in [5.74, 6) is 0. The largest absolute Gasteiger partial charge is 0.456 e. The molecule has 0 saturated heterocycles. The van der Waals surface area contributed by atoms with Crippen molar-refractivity contribution in [3.8, 4) is 33.4 Å². The second kappa shape index (κ2) is 11.1. The number of rotatable bonds is 6. The molecule has 8 aromatic rings. The minimum absolute atomic E-state index is 0.0476. The van der Waals surface area contributed by atoms with Gasteiger partial charge in [-0.25, -0.2) is 0 Å². The van der Waals surface area contributed by atoms with Crippen LogP contribution in [-0.4, -0.2) is 0 Å². The number of furan rings is 1. The second-order valence-electron chi connectivity index (χ2n) is 9.90. The minimum Gasteiger partial charge on any atom is -0.456 e. The molecular weight excluding hydrogens is 534 g/mol. The quantitative estimate of drug-likeness (QED) is 0.195. The number of hydrogen-bond acceptors (Lipinski definition) is 2. The summed E-state index contributed by atoms with van der Waals surface area (Å²) in [6.07, 6.45) is 0. The lowest BCUT2D eigenvalue weighted by atomic mass is 10.00. The maximum atomic E-state index is 9.23. The van der Waals surface area contributed by atoms with E-state index in [0.29, 0.717) is 27.9 Å². The van der Waals surface area contributed by atoms with Crippen LogP contribution in [0.15, 0.2) is 180 Å². The third-order valence-corrected chi connectivity index (χ3v) is 7.27. The molecule has 0 aliphatic rings. The molecule has 7 aromatic carbocycles. The van der Waals surface area contributed by atoms with Gasteiger partial charge >= 0.3 is 0 Å². The molecule has 208 valence electrons. The highest BCUT2D eigenvalue weighted by Crippen LogP contribution is 2.43. The average molecular weight is 578 g/mol. The SMILES string of the molecule is [2H]c1cc(-c2c([2H])cc(N(c3cc([2H])c(-c4c([2H])cc(-c5c([2H])c([2H])c([2H])c([2H])c5[2H])cc4[2H])c([2H])c3)c3cccc4oc5ccccc5c34)cc2[2H])cc([2H])c1[2H]. The second-order valence-corrected chi connectivity index (χ2v) is 9.90. The van der Waals surface area contributed by atoms with Gasteiger partial charge in [0.05, 0.1) is 30.3 Å². The van der Waals surface area contributed by atoms with Crippen molar-refractivity contribution in [2.24, 2.45) is 0 Å². The van der Waals surface area contributed by atoms with E-state index >= 15 is 0 Å². The molecule has 1 heterocycles. The zero-order valence-corrected chi connectivity index (χ0v) is 23.0. The highest BCUT2D eigenvalue weighted by atomic mass is 16.3. The predicted octanol–water partition coefficient (Wildman–Crippen LogP) is 12.1. The Kier molecular flexibility index (Phi) is 3.79. The van der Waals surface area contributed by atoms with Crippen molar-refractivity contribution in [2.75, 3.05) is 4.90 Å². The number of anilines is 3. The molecule has 0 radical (unpaired) electrons. The summed E-state index contributed by atoms with van der Waals surface area (Å²) in [6, 6.07) is 19.2. The molecule has 0 N–H and O–H groups in total. The summed E-state index contributed by atoms with van der Waals surface area (Å²) < 4.78 is 126. The lowest BCUT2D eigenvalue weighted by molar-refractivity contribution is 0.669. The molecule has 0 bridgehead atoms. The first-order chi connectivity index (χ1) is 27.6. The van der Waals surface area contributed by atoms with Crippen molar-refractivity contribution in [2.45, 2.75) is 0 Å². The molecule has 44 heavy (non-hydrogen) atoms. The predicted molar refractivity (Wildman–Crippen MR) is 185 cm³/mol. The molecule has 1 aromatic heterocycles. The van der Waals surface area contributed by atoms with Gasteiger partial charge in [0.15, 0.2) is 0 Å². The Labute approximate surface area is 276 Å². The zero-order chi connectivity index (χ0) is 41.5. The van der Waals surface area contributed by atoms with Gasteiger partial charge in [-0.3, -0.25) is 0 Å².